The Kier molecular flexibility index (Phi) is 7.19. The first-order valence-corrected chi connectivity index (χ1v) is 9.97. The van der Waals surface area contributed by atoms with Crippen LogP contribution in [0.15, 0.2) is 66.7 Å². The van der Waals surface area contributed by atoms with E-state index >= 15 is 0 Å². The fourth-order valence-corrected chi connectivity index (χ4v) is 3.80. The fraction of sp³-hybridized carbons (Fsp3) is 0.0909. The van der Waals surface area contributed by atoms with Gasteiger partial charge in [-0.1, -0.05) is 29.8 Å². The third-order valence-electron chi connectivity index (χ3n) is 3.88. The van der Waals surface area contributed by atoms with Crippen molar-refractivity contribution >= 4 is 52.2 Å². The summed E-state index contributed by atoms with van der Waals surface area (Å²) >= 11 is 7.79. The molecule has 0 saturated heterocycles. The third kappa shape index (κ3) is 6.02. The number of rotatable bonds is 7. The topological polar surface area (TPSA) is 67.4 Å². The van der Waals surface area contributed by atoms with Crippen molar-refractivity contribution in [2.45, 2.75) is 0 Å². The summed E-state index contributed by atoms with van der Waals surface area (Å²) in [6.45, 7) is -0.00973. The Morgan fingerprint density at radius 2 is 1.69 bits per heavy atom. The first kappa shape index (κ1) is 20.8. The van der Waals surface area contributed by atoms with E-state index in [1.54, 1.807) is 41.7 Å². The predicted octanol–water partition coefficient (Wildman–Crippen LogP) is 5.31. The van der Waals surface area contributed by atoms with E-state index in [4.69, 9.17) is 16.3 Å². The van der Waals surface area contributed by atoms with Crippen LogP contribution >= 0.6 is 22.9 Å². The van der Waals surface area contributed by atoms with Gasteiger partial charge in [0.2, 0.25) is 11.8 Å². The molecule has 29 heavy (non-hydrogen) atoms. The lowest BCUT2D eigenvalue weighted by atomic mass is 10.2. The molecule has 0 radical (unpaired) electrons. The standard InChI is InChI=1S/C22H19ClN2O3S/c1-28-14-22(27)25-16-8-6-15(7-9-16)24-21(26)13-11-17-10-12-20(29-17)18-4-2-3-5-19(18)23/h2-13H,14H2,1H3,(H,24,26)(H,25,27)/b13-11+. The quantitative estimate of drug-likeness (QED) is 0.503. The number of hydrogen-bond donors (Lipinski definition) is 2. The van der Waals surface area contributed by atoms with Crippen LogP contribution in [0, 0.1) is 0 Å². The Bertz CT molecular complexity index is 1030. The molecule has 0 atom stereocenters. The van der Waals surface area contributed by atoms with Crippen molar-refractivity contribution < 1.29 is 14.3 Å². The molecule has 0 saturated carbocycles. The lowest BCUT2D eigenvalue weighted by Crippen LogP contribution is -2.17. The summed E-state index contributed by atoms with van der Waals surface area (Å²) in [5.41, 5.74) is 2.24. The molecular weight excluding hydrogens is 408 g/mol. The zero-order valence-corrected chi connectivity index (χ0v) is 17.2. The molecular formula is C22H19ClN2O3S. The minimum atomic E-state index is -0.242. The van der Waals surface area contributed by atoms with Crippen LogP contribution in [0.2, 0.25) is 5.02 Å². The van der Waals surface area contributed by atoms with Gasteiger partial charge in [-0.25, -0.2) is 0 Å². The molecule has 0 unspecified atom stereocenters. The number of amides is 2. The number of anilines is 2. The first-order chi connectivity index (χ1) is 14.0. The molecule has 0 aliphatic carbocycles. The van der Waals surface area contributed by atoms with Gasteiger partial charge in [-0.05, 0) is 48.5 Å². The van der Waals surface area contributed by atoms with Gasteiger partial charge >= 0.3 is 0 Å². The number of carbonyl (C=O) groups is 2. The molecule has 0 aliphatic rings. The number of thiophene rings is 1. The van der Waals surface area contributed by atoms with Crippen molar-refractivity contribution in [1.82, 2.24) is 0 Å². The monoisotopic (exact) mass is 426 g/mol. The summed E-state index contributed by atoms with van der Waals surface area (Å²) in [4.78, 5) is 25.6. The maximum Gasteiger partial charge on any atom is 0.250 e. The van der Waals surface area contributed by atoms with Crippen LogP contribution in [0.25, 0.3) is 16.5 Å². The van der Waals surface area contributed by atoms with Crippen molar-refractivity contribution in [3.05, 3.63) is 76.6 Å². The van der Waals surface area contributed by atoms with Gasteiger partial charge in [-0.2, -0.15) is 0 Å². The minimum Gasteiger partial charge on any atom is -0.375 e. The molecule has 2 amide bonds. The molecule has 3 rings (SSSR count). The molecule has 0 fully saturated rings. The van der Waals surface area contributed by atoms with Crippen molar-refractivity contribution in [3.63, 3.8) is 0 Å². The first-order valence-electron chi connectivity index (χ1n) is 8.78. The average Bonchev–Trinajstić information content (AvgIpc) is 3.17. The van der Waals surface area contributed by atoms with Gasteiger partial charge in [0.1, 0.15) is 6.61 Å². The van der Waals surface area contributed by atoms with E-state index in [1.807, 2.05) is 36.4 Å². The Hall–Kier alpha value is -2.93. The predicted molar refractivity (Wildman–Crippen MR) is 119 cm³/mol. The molecule has 1 heterocycles. The number of halogens is 1. The fourth-order valence-electron chi connectivity index (χ4n) is 2.56. The van der Waals surface area contributed by atoms with E-state index < -0.39 is 0 Å². The van der Waals surface area contributed by atoms with Crippen molar-refractivity contribution in [2.24, 2.45) is 0 Å². The summed E-state index contributed by atoms with van der Waals surface area (Å²) in [6.07, 6.45) is 3.25. The van der Waals surface area contributed by atoms with Crippen molar-refractivity contribution in [3.8, 4) is 10.4 Å². The molecule has 0 spiro atoms. The van der Waals surface area contributed by atoms with Gasteiger partial charge in [0.15, 0.2) is 0 Å². The van der Waals surface area contributed by atoms with Gasteiger partial charge < -0.3 is 15.4 Å². The number of ether oxygens (including phenoxy) is 1. The largest absolute Gasteiger partial charge is 0.375 e. The maximum atomic E-state index is 12.2. The van der Waals surface area contributed by atoms with Crippen LogP contribution in [0.4, 0.5) is 11.4 Å². The highest BCUT2D eigenvalue weighted by molar-refractivity contribution is 7.16. The number of nitrogens with one attached hydrogen (secondary N) is 2. The molecule has 0 bridgehead atoms. The second-order valence-corrected chi connectivity index (χ2v) is 7.59. The third-order valence-corrected chi connectivity index (χ3v) is 5.29. The van der Waals surface area contributed by atoms with Crippen LogP contribution in [-0.2, 0) is 14.3 Å². The number of hydrogen-bond acceptors (Lipinski definition) is 4. The van der Waals surface area contributed by atoms with E-state index in [9.17, 15) is 9.59 Å². The molecule has 5 nitrogen and oxygen atoms in total. The molecule has 2 aromatic carbocycles. The summed E-state index contributed by atoms with van der Waals surface area (Å²) in [5, 5.41) is 6.18. The van der Waals surface area contributed by atoms with E-state index in [0.717, 1.165) is 15.3 Å². The molecule has 0 aliphatic heterocycles. The number of carbonyl (C=O) groups excluding carboxylic acids is 2. The Balaban J connectivity index is 1.57. The molecule has 3 aromatic rings. The van der Waals surface area contributed by atoms with Gasteiger partial charge in [-0.15, -0.1) is 11.3 Å². The van der Waals surface area contributed by atoms with E-state index in [0.29, 0.717) is 16.4 Å². The molecule has 148 valence electrons. The summed E-state index contributed by atoms with van der Waals surface area (Å²) in [6, 6.07) is 18.4. The van der Waals surface area contributed by atoms with E-state index in [1.165, 1.54) is 13.2 Å². The van der Waals surface area contributed by atoms with E-state index in [2.05, 4.69) is 10.6 Å². The number of benzene rings is 2. The lowest BCUT2D eigenvalue weighted by molar-refractivity contribution is -0.119. The lowest BCUT2D eigenvalue weighted by Gasteiger charge is -2.06. The van der Waals surface area contributed by atoms with Crippen LogP contribution in [-0.4, -0.2) is 25.5 Å². The maximum absolute atomic E-state index is 12.2. The second-order valence-electron chi connectivity index (χ2n) is 6.06. The zero-order valence-electron chi connectivity index (χ0n) is 15.6. The molecule has 1 aromatic heterocycles. The summed E-state index contributed by atoms with van der Waals surface area (Å²) in [5.74, 6) is -0.479. The second kappa shape index (κ2) is 10.0. The molecule has 2 N–H and O–H groups in total. The minimum absolute atomic E-state index is 0.00973. The Labute approximate surface area is 178 Å². The van der Waals surface area contributed by atoms with Gasteiger partial charge in [0.05, 0.1) is 0 Å². The van der Waals surface area contributed by atoms with Crippen LogP contribution in [0.5, 0.6) is 0 Å². The smallest absolute Gasteiger partial charge is 0.250 e. The van der Waals surface area contributed by atoms with Crippen LogP contribution < -0.4 is 10.6 Å². The number of methoxy groups -OCH3 is 1. The van der Waals surface area contributed by atoms with Gasteiger partial charge in [-0.3, -0.25) is 9.59 Å². The van der Waals surface area contributed by atoms with E-state index in [-0.39, 0.29) is 18.4 Å². The summed E-state index contributed by atoms with van der Waals surface area (Å²) < 4.78 is 4.77. The van der Waals surface area contributed by atoms with Gasteiger partial charge in [0.25, 0.3) is 0 Å². The highest BCUT2D eigenvalue weighted by Gasteiger charge is 2.06. The highest BCUT2D eigenvalue weighted by Crippen LogP contribution is 2.33. The van der Waals surface area contributed by atoms with Crippen molar-refractivity contribution in [2.75, 3.05) is 24.4 Å². The normalized spacial score (nSPS) is 10.8. The van der Waals surface area contributed by atoms with Gasteiger partial charge in [0, 0.05) is 44.9 Å². The molecule has 7 heteroatoms. The Morgan fingerprint density at radius 1 is 1.00 bits per heavy atom. The highest BCUT2D eigenvalue weighted by atomic mass is 35.5. The Morgan fingerprint density at radius 3 is 2.38 bits per heavy atom. The van der Waals surface area contributed by atoms with Crippen LogP contribution in [0.3, 0.4) is 0 Å². The van der Waals surface area contributed by atoms with Crippen molar-refractivity contribution in [1.29, 1.82) is 0 Å². The zero-order chi connectivity index (χ0) is 20.6. The van der Waals surface area contributed by atoms with Crippen LogP contribution in [0.1, 0.15) is 4.88 Å². The summed E-state index contributed by atoms with van der Waals surface area (Å²) in [7, 11) is 1.46. The average molecular weight is 427 g/mol. The SMILES string of the molecule is COCC(=O)Nc1ccc(NC(=O)/C=C/c2ccc(-c3ccccc3Cl)s2)cc1.